The number of carbonyl (C=O) groups is 3. The largest absolute Gasteiger partial charge is 0.466 e. The number of nitrogens with one attached hydrogen (secondary N) is 2. The van der Waals surface area contributed by atoms with Crippen molar-refractivity contribution in [2.45, 2.75) is 31.9 Å². The van der Waals surface area contributed by atoms with Crippen molar-refractivity contribution in [3.05, 3.63) is 54.1 Å². The molecule has 0 aromatic heterocycles. The summed E-state index contributed by atoms with van der Waals surface area (Å²) in [6.07, 6.45) is -0.137. The van der Waals surface area contributed by atoms with Gasteiger partial charge in [0.05, 0.1) is 7.11 Å². The Morgan fingerprint density at radius 1 is 1.14 bits per heavy atom. The van der Waals surface area contributed by atoms with Gasteiger partial charge in [0.15, 0.2) is 0 Å². The quantitative estimate of drug-likeness (QED) is 0.532. The van der Waals surface area contributed by atoms with Crippen LogP contribution in [-0.4, -0.2) is 35.6 Å². The molecule has 0 saturated heterocycles. The fourth-order valence-electron chi connectivity index (χ4n) is 3.59. The number of hydrogen-bond donors (Lipinski definition) is 3. The molecule has 2 amide bonds. The Hall–Kier alpha value is -3.19. The van der Waals surface area contributed by atoms with Crippen LogP contribution in [0.2, 0.25) is 0 Å². The number of esters is 1. The molecule has 7 heteroatoms. The Morgan fingerprint density at radius 2 is 1.76 bits per heavy atom. The van der Waals surface area contributed by atoms with Gasteiger partial charge in [0.1, 0.15) is 6.04 Å². The minimum atomic E-state index is -2.39. The van der Waals surface area contributed by atoms with Crippen molar-refractivity contribution in [3.63, 3.8) is 0 Å². The third-order valence-electron chi connectivity index (χ3n) is 4.89. The Labute approximate surface area is 169 Å². The van der Waals surface area contributed by atoms with Crippen LogP contribution in [0.4, 0.5) is 5.69 Å². The molecule has 0 aliphatic carbocycles. The zero-order chi connectivity index (χ0) is 21.2. The Balaban J connectivity index is 2.02. The molecule has 0 fully saturated rings. The highest BCUT2D eigenvalue weighted by Crippen LogP contribution is 2.37. The summed E-state index contributed by atoms with van der Waals surface area (Å²) in [5.41, 5.74) is 0.389. The number of para-hydroxylation sites is 1. The molecule has 0 bridgehead atoms. The maximum atomic E-state index is 13.0. The van der Waals surface area contributed by atoms with E-state index in [2.05, 4.69) is 15.4 Å². The third-order valence-corrected chi connectivity index (χ3v) is 4.89. The van der Waals surface area contributed by atoms with Crippen molar-refractivity contribution in [2.24, 2.45) is 5.92 Å². The lowest BCUT2D eigenvalue weighted by molar-refractivity contribution is -0.171. The number of ether oxygens (including phenoxy) is 1. The van der Waals surface area contributed by atoms with Gasteiger partial charge in [0.2, 0.25) is 5.60 Å². The average Bonchev–Trinajstić information content (AvgIpc) is 2.81. The van der Waals surface area contributed by atoms with Gasteiger partial charge in [-0.2, -0.15) is 0 Å². The van der Waals surface area contributed by atoms with Gasteiger partial charge < -0.3 is 20.5 Å². The molecule has 1 heterocycles. The van der Waals surface area contributed by atoms with E-state index in [1.54, 1.807) is 38.1 Å². The Kier molecular flexibility index (Phi) is 5.70. The van der Waals surface area contributed by atoms with Crippen LogP contribution in [0.15, 0.2) is 48.5 Å². The van der Waals surface area contributed by atoms with Crippen LogP contribution < -0.4 is 10.6 Å². The van der Waals surface area contributed by atoms with E-state index in [9.17, 15) is 19.5 Å². The van der Waals surface area contributed by atoms with E-state index in [0.717, 1.165) is 18.2 Å². The van der Waals surface area contributed by atoms with Crippen LogP contribution in [0.3, 0.4) is 0 Å². The highest BCUT2D eigenvalue weighted by Gasteiger charge is 2.47. The molecule has 2 aromatic carbocycles. The van der Waals surface area contributed by atoms with Crippen LogP contribution in [0.5, 0.6) is 0 Å². The van der Waals surface area contributed by atoms with Crippen molar-refractivity contribution in [1.82, 2.24) is 5.32 Å². The molecule has 1 unspecified atom stereocenters. The van der Waals surface area contributed by atoms with Crippen molar-refractivity contribution >= 4 is 23.5 Å². The predicted molar refractivity (Wildman–Crippen MR) is 108 cm³/mol. The van der Waals surface area contributed by atoms with Gasteiger partial charge in [-0.15, -0.1) is 0 Å². The molecular weight excluding hydrogens is 372 g/mol. The number of benzene rings is 2. The number of amides is 2. The Morgan fingerprint density at radius 3 is 2.41 bits per heavy atom. The second-order valence-electron chi connectivity index (χ2n) is 7.48. The predicted octanol–water partition coefficient (Wildman–Crippen LogP) is 2.41. The van der Waals surface area contributed by atoms with Crippen molar-refractivity contribution in [1.29, 1.82) is 0 Å². The third kappa shape index (κ3) is 3.86. The van der Waals surface area contributed by atoms with Gasteiger partial charge >= 0.3 is 5.97 Å². The second kappa shape index (κ2) is 8.05. The molecular formula is C22H24N2O5. The van der Waals surface area contributed by atoms with Crippen LogP contribution in [0.25, 0.3) is 11.1 Å². The smallest absolute Gasteiger partial charge is 0.347 e. The standard InChI is InChI=1S/C22H24N2O5/c1-13(2)12-22(28,21(27)29-3)20(26)24-18-16-10-5-4-8-14(16)15-9-6-7-11-17(15)23-19(18)25/h4-11,13,18,28H,12H2,1-3H3,(H,23,25)(H,24,26)/t18-,22?/m0/s1. The average molecular weight is 396 g/mol. The summed E-state index contributed by atoms with van der Waals surface area (Å²) < 4.78 is 4.65. The molecule has 2 aromatic rings. The van der Waals surface area contributed by atoms with Gasteiger partial charge in [0, 0.05) is 11.3 Å². The first-order chi connectivity index (χ1) is 13.8. The summed E-state index contributed by atoms with van der Waals surface area (Å²) in [7, 11) is 1.10. The lowest BCUT2D eigenvalue weighted by Crippen LogP contribution is -2.55. The summed E-state index contributed by atoms with van der Waals surface area (Å²) in [5.74, 6) is -2.66. The first kappa shape index (κ1) is 20.5. The molecule has 1 aliphatic rings. The zero-order valence-electron chi connectivity index (χ0n) is 16.6. The van der Waals surface area contributed by atoms with Gasteiger partial charge in [-0.05, 0) is 29.5 Å². The number of fused-ring (bicyclic) bond motifs is 3. The monoisotopic (exact) mass is 396 g/mol. The zero-order valence-corrected chi connectivity index (χ0v) is 16.6. The molecule has 29 heavy (non-hydrogen) atoms. The SMILES string of the molecule is COC(=O)C(O)(CC(C)C)C(=O)N[C@@H]1C(=O)Nc2ccccc2-c2ccccc21. The molecule has 0 saturated carbocycles. The van der Waals surface area contributed by atoms with Crippen LogP contribution in [0, 0.1) is 5.92 Å². The van der Waals surface area contributed by atoms with Crippen LogP contribution in [0.1, 0.15) is 31.9 Å². The second-order valence-corrected chi connectivity index (χ2v) is 7.48. The van der Waals surface area contributed by atoms with Crippen molar-refractivity contribution in [3.8, 4) is 11.1 Å². The summed E-state index contributed by atoms with van der Waals surface area (Å²) >= 11 is 0. The summed E-state index contributed by atoms with van der Waals surface area (Å²) in [4.78, 5) is 38.1. The number of methoxy groups -OCH3 is 1. The number of carbonyl (C=O) groups excluding carboxylic acids is 3. The first-order valence-electron chi connectivity index (χ1n) is 9.39. The minimum Gasteiger partial charge on any atom is -0.466 e. The van der Waals surface area contributed by atoms with E-state index in [-0.39, 0.29) is 12.3 Å². The van der Waals surface area contributed by atoms with Crippen LogP contribution >= 0.6 is 0 Å². The van der Waals surface area contributed by atoms with Gasteiger partial charge in [-0.1, -0.05) is 56.3 Å². The highest BCUT2D eigenvalue weighted by molar-refractivity contribution is 6.09. The molecule has 7 nitrogen and oxygen atoms in total. The van der Waals surface area contributed by atoms with E-state index in [1.807, 2.05) is 24.3 Å². The topological polar surface area (TPSA) is 105 Å². The van der Waals surface area contributed by atoms with Gasteiger partial charge in [-0.3, -0.25) is 9.59 Å². The van der Waals surface area contributed by atoms with Crippen molar-refractivity contribution < 1.29 is 24.2 Å². The molecule has 3 N–H and O–H groups in total. The van der Waals surface area contributed by atoms with Crippen molar-refractivity contribution in [2.75, 3.05) is 12.4 Å². The van der Waals surface area contributed by atoms with E-state index >= 15 is 0 Å². The van der Waals surface area contributed by atoms with Gasteiger partial charge in [-0.25, -0.2) is 4.79 Å². The normalized spacial score (nSPS) is 17.3. The molecule has 1 aliphatic heterocycles. The molecule has 0 spiro atoms. The maximum absolute atomic E-state index is 13.0. The molecule has 152 valence electrons. The lowest BCUT2D eigenvalue weighted by atomic mass is 9.90. The molecule has 2 atom stereocenters. The van der Waals surface area contributed by atoms with E-state index < -0.39 is 29.4 Å². The van der Waals surface area contributed by atoms with E-state index in [4.69, 9.17) is 0 Å². The lowest BCUT2D eigenvalue weighted by Gasteiger charge is -2.28. The summed E-state index contributed by atoms with van der Waals surface area (Å²) in [6.45, 7) is 3.54. The first-order valence-corrected chi connectivity index (χ1v) is 9.39. The number of aliphatic hydroxyl groups is 1. The fourth-order valence-corrected chi connectivity index (χ4v) is 3.59. The van der Waals surface area contributed by atoms with E-state index in [1.165, 1.54) is 0 Å². The summed E-state index contributed by atoms with van der Waals surface area (Å²) in [5, 5.41) is 16.2. The number of anilines is 1. The molecule has 0 radical (unpaired) electrons. The highest BCUT2D eigenvalue weighted by atomic mass is 16.5. The fraction of sp³-hybridized carbons (Fsp3) is 0.318. The van der Waals surface area contributed by atoms with Crippen LogP contribution in [-0.2, 0) is 19.1 Å². The number of hydrogen-bond acceptors (Lipinski definition) is 5. The maximum Gasteiger partial charge on any atom is 0.347 e. The minimum absolute atomic E-state index is 0.137. The van der Waals surface area contributed by atoms with E-state index in [0.29, 0.717) is 11.3 Å². The summed E-state index contributed by atoms with van der Waals surface area (Å²) in [6, 6.07) is 13.4. The Bertz CT molecular complexity index is 956. The van der Waals surface area contributed by atoms with Gasteiger partial charge in [0.25, 0.3) is 11.8 Å². The molecule has 3 rings (SSSR count). The number of rotatable bonds is 5.